The number of ether oxygens (including phenoxy) is 1. The Balaban J connectivity index is 2.21. The van der Waals surface area contributed by atoms with Gasteiger partial charge in [-0.05, 0) is 30.3 Å². The molecule has 1 aromatic carbocycles. The molecular weight excluding hydrogens is 282 g/mol. The van der Waals surface area contributed by atoms with Crippen LogP contribution in [-0.2, 0) is 4.74 Å². The first-order valence-electron chi connectivity index (χ1n) is 5.82. The van der Waals surface area contributed by atoms with Crippen LogP contribution in [0.5, 0.6) is 0 Å². The number of hydrogen-bond acceptors (Lipinski definition) is 4. The van der Waals surface area contributed by atoms with Gasteiger partial charge in [0.15, 0.2) is 0 Å². The second-order valence-corrected chi connectivity index (χ2v) is 4.01. The van der Waals surface area contributed by atoms with E-state index in [9.17, 15) is 18.4 Å². The van der Waals surface area contributed by atoms with E-state index in [4.69, 9.17) is 0 Å². The minimum atomic E-state index is -0.855. The molecule has 1 heterocycles. The van der Waals surface area contributed by atoms with Crippen molar-refractivity contribution in [3.8, 4) is 0 Å². The first kappa shape index (κ1) is 14.6. The first-order chi connectivity index (χ1) is 10.0. The second-order valence-electron chi connectivity index (χ2n) is 4.01. The minimum absolute atomic E-state index is 0.125. The largest absolute Gasteiger partial charge is 0.465 e. The highest BCUT2D eigenvalue weighted by Gasteiger charge is 2.14. The fourth-order valence-electron chi connectivity index (χ4n) is 1.58. The molecule has 0 fully saturated rings. The fourth-order valence-corrected chi connectivity index (χ4v) is 1.58. The Morgan fingerprint density at radius 2 is 1.95 bits per heavy atom. The maximum Gasteiger partial charge on any atom is 0.340 e. The summed E-state index contributed by atoms with van der Waals surface area (Å²) < 4.78 is 30.5. The maximum atomic E-state index is 13.4. The molecule has 0 aliphatic heterocycles. The summed E-state index contributed by atoms with van der Waals surface area (Å²) in [5.74, 6) is -2.89. The fraction of sp³-hybridized carbons (Fsp3) is 0.0714. The predicted octanol–water partition coefficient (Wildman–Crippen LogP) is 2.40. The van der Waals surface area contributed by atoms with Crippen molar-refractivity contribution in [2.45, 2.75) is 0 Å². The molecule has 7 heteroatoms. The van der Waals surface area contributed by atoms with E-state index in [1.165, 1.54) is 12.1 Å². The Bertz CT molecular complexity index is 687. The van der Waals surface area contributed by atoms with Crippen molar-refractivity contribution in [3.05, 3.63) is 59.4 Å². The van der Waals surface area contributed by atoms with Crippen molar-refractivity contribution < 1.29 is 23.1 Å². The highest BCUT2D eigenvalue weighted by molar-refractivity contribution is 6.04. The highest BCUT2D eigenvalue weighted by Crippen LogP contribution is 2.16. The zero-order valence-electron chi connectivity index (χ0n) is 10.9. The number of carbonyl (C=O) groups is 2. The van der Waals surface area contributed by atoms with E-state index in [0.717, 1.165) is 31.5 Å². The van der Waals surface area contributed by atoms with Gasteiger partial charge in [0.1, 0.15) is 5.82 Å². The molecule has 0 bridgehead atoms. The normalized spacial score (nSPS) is 10.0. The summed E-state index contributed by atoms with van der Waals surface area (Å²) in [6.45, 7) is 0. The van der Waals surface area contributed by atoms with E-state index in [2.05, 4.69) is 15.0 Å². The summed E-state index contributed by atoms with van der Waals surface area (Å²) in [6.07, 6.45) is 1.06. The molecule has 0 aliphatic rings. The zero-order chi connectivity index (χ0) is 15.4. The monoisotopic (exact) mass is 292 g/mol. The molecule has 0 radical (unpaired) electrons. The second kappa shape index (κ2) is 6.08. The zero-order valence-corrected chi connectivity index (χ0v) is 10.9. The number of methoxy groups -OCH3 is 1. The molecule has 0 atom stereocenters. The van der Waals surface area contributed by atoms with Gasteiger partial charge in [0.05, 0.1) is 18.2 Å². The molecule has 0 saturated carbocycles. The Kier molecular flexibility index (Phi) is 4.22. The van der Waals surface area contributed by atoms with Crippen LogP contribution in [0.1, 0.15) is 20.7 Å². The molecule has 108 valence electrons. The Morgan fingerprint density at radius 1 is 1.19 bits per heavy atom. The van der Waals surface area contributed by atoms with Gasteiger partial charge in [-0.2, -0.15) is 4.39 Å². The van der Waals surface area contributed by atoms with Crippen LogP contribution in [0.4, 0.5) is 14.5 Å². The van der Waals surface area contributed by atoms with E-state index in [-0.39, 0.29) is 16.8 Å². The van der Waals surface area contributed by atoms with Gasteiger partial charge in [-0.25, -0.2) is 14.2 Å². The third-order valence-corrected chi connectivity index (χ3v) is 2.62. The van der Waals surface area contributed by atoms with Crippen LogP contribution in [0.2, 0.25) is 0 Å². The number of pyridine rings is 1. The van der Waals surface area contributed by atoms with Crippen LogP contribution >= 0.6 is 0 Å². The average Bonchev–Trinajstić information content (AvgIpc) is 2.49. The molecule has 0 spiro atoms. The number of halogens is 2. The number of carbonyl (C=O) groups excluding carboxylic acids is 2. The number of aromatic nitrogens is 1. The van der Waals surface area contributed by atoms with Gasteiger partial charge in [-0.15, -0.1) is 0 Å². The lowest BCUT2D eigenvalue weighted by Gasteiger charge is -2.07. The van der Waals surface area contributed by atoms with E-state index in [1.807, 2.05) is 0 Å². The lowest BCUT2D eigenvalue weighted by atomic mass is 10.1. The summed E-state index contributed by atoms with van der Waals surface area (Å²) in [7, 11) is 1.12. The van der Waals surface area contributed by atoms with Crippen LogP contribution in [0, 0.1) is 11.8 Å². The molecular formula is C14H10F2N2O3. The Morgan fingerprint density at radius 3 is 2.57 bits per heavy atom. The number of anilines is 1. The van der Waals surface area contributed by atoms with Gasteiger partial charge in [0.2, 0.25) is 5.95 Å². The summed E-state index contributed by atoms with van der Waals surface area (Å²) in [5.41, 5.74) is 0.0269. The molecule has 1 aromatic heterocycles. The molecule has 5 nitrogen and oxygen atoms in total. The van der Waals surface area contributed by atoms with Gasteiger partial charge in [-0.3, -0.25) is 4.79 Å². The minimum Gasteiger partial charge on any atom is -0.465 e. The Hall–Kier alpha value is -2.83. The van der Waals surface area contributed by atoms with Crippen molar-refractivity contribution in [1.82, 2.24) is 4.98 Å². The van der Waals surface area contributed by atoms with Gasteiger partial charge < -0.3 is 10.1 Å². The van der Waals surface area contributed by atoms with Gasteiger partial charge in [-0.1, -0.05) is 0 Å². The van der Waals surface area contributed by atoms with E-state index in [1.54, 1.807) is 0 Å². The van der Waals surface area contributed by atoms with Crippen molar-refractivity contribution in [3.63, 3.8) is 0 Å². The van der Waals surface area contributed by atoms with Gasteiger partial charge in [0.25, 0.3) is 5.91 Å². The molecule has 1 N–H and O–H groups in total. The molecule has 0 saturated heterocycles. The lowest BCUT2D eigenvalue weighted by Crippen LogP contribution is -2.13. The van der Waals surface area contributed by atoms with Crippen LogP contribution < -0.4 is 5.32 Å². The van der Waals surface area contributed by atoms with Crippen LogP contribution in [0.25, 0.3) is 0 Å². The van der Waals surface area contributed by atoms with Crippen LogP contribution in [-0.4, -0.2) is 24.0 Å². The molecule has 2 rings (SSSR count). The molecule has 0 unspecified atom stereocenters. The van der Waals surface area contributed by atoms with Gasteiger partial charge in [0, 0.05) is 11.9 Å². The number of hydrogen-bond donors (Lipinski definition) is 1. The SMILES string of the molecule is COC(=O)c1cc(NC(=O)c2ccc(F)nc2)ccc1F. The average molecular weight is 292 g/mol. The van der Waals surface area contributed by atoms with Crippen molar-refractivity contribution >= 4 is 17.6 Å². The predicted molar refractivity (Wildman–Crippen MR) is 69.9 cm³/mol. The molecule has 21 heavy (non-hydrogen) atoms. The number of rotatable bonds is 3. The van der Waals surface area contributed by atoms with Crippen molar-refractivity contribution in [2.75, 3.05) is 12.4 Å². The van der Waals surface area contributed by atoms with Crippen LogP contribution in [0.3, 0.4) is 0 Å². The number of esters is 1. The van der Waals surface area contributed by atoms with E-state index >= 15 is 0 Å². The molecule has 2 aromatic rings. The highest BCUT2D eigenvalue weighted by atomic mass is 19.1. The topological polar surface area (TPSA) is 68.3 Å². The summed E-state index contributed by atoms with van der Waals surface area (Å²) >= 11 is 0. The van der Waals surface area contributed by atoms with Crippen molar-refractivity contribution in [1.29, 1.82) is 0 Å². The number of benzene rings is 1. The van der Waals surface area contributed by atoms with Crippen molar-refractivity contribution in [2.24, 2.45) is 0 Å². The number of nitrogens with one attached hydrogen (secondary N) is 1. The quantitative estimate of drug-likeness (QED) is 0.696. The number of amides is 1. The summed E-state index contributed by atoms with van der Waals surface area (Å²) in [4.78, 5) is 26.6. The molecule has 0 aliphatic carbocycles. The maximum absolute atomic E-state index is 13.4. The summed E-state index contributed by atoms with van der Waals surface area (Å²) in [6, 6.07) is 5.76. The molecule has 1 amide bonds. The van der Waals surface area contributed by atoms with E-state index < -0.39 is 23.6 Å². The first-order valence-corrected chi connectivity index (χ1v) is 5.82. The number of nitrogens with zero attached hydrogens (tertiary/aromatic N) is 1. The third-order valence-electron chi connectivity index (χ3n) is 2.62. The third kappa shape index (κ3) is 3.38. The van der Waals surface area contributed by atoms with E-state index in [0.29, 0.717) is 0 Å². The standard InChI is InChI=1S/C14H10F2N2O3/c1-21-14(20)10-6-9(3-4-11(10)15)18-13(19)8-2-5-12(16)17-7-8/h2-7H,1H3,(H,18,19). The van der Waals surface area contributed by atoms with Gasteiger partial charge >= 0.3 is 5.97 Å². The lowest BCUT2D eigenvalue weighted by molar-refractivity contribution is 0.0595. The summed E-state index contributed by atoms with van der Waals surface area (Å²) in [5, 5.41) is 2.45. The Labute approximate surface area is 118 Å². The van der Waals surface area contributed by atoms with Crippen LogP contribution in [0.15, 0.2) is 36.5 Å². The smallest absolute Gasteiger partial charge is 0.340 e.